The molecule has 8 nitrogen and oxygen atoms in total. The highest BCUT2D eigenvalue weighted by Gasteiger charge is 2.24. The summed E-state index contributed by atoms with van der Waals surface area (Å²) >= 11 is 0. The summed E-state index contributed by atoms with van der Waals surface area (Å²) in [6, 6.07) is 18.0. The molecule has 5 rings (SSSR count). The van der Waals surface area contributed by atoms with Crippen LogP contribution in [-0.4, -0.2) is 67.4 Å². The first-order valence-corrected chi connectivity index (χ1v) is 14.2. The molecule has 0 radical (unpaired) electrons. The lowest BCUT2D eigenvalue weighted by Gasteiger charge is -2.35. The molecule has 0 bridgehead atoms. The van der Waals surface area contributed by atoms with Crippen molar-refractivity contribution in [2.45, 2.75) is 24.1 Å². The van der Waals surface area contributed by atoms with Crippen molar-refractivity contribution in [3.05, 3.63) is 95.3 Å². The number of benzene rings is 2. The van der Waals surface area contributed by atoms with Gasteiger partial charge in [0.1, 0.15) is 0 Å². The Labute approximate surface area is 222 Å². The first-order chi connectivity index (χ1) is 18.4. The van der Waals surface area contributed by atoms with E-state index in [1.165, 1.54) is 0 Å². The summed E-state index contributed by atoms with van der Waals surface area (Å²) in [5, 5.41) is 0.783. The molecule has 0 saturated carbocycles. The molecule has 2 aromatic carbocycles. The fourth-order valence-corrected chi connectivity index (χ4v) is 6.50. The Morgan fingerprint density at radius 3 is 2.42 bits per heavy atom. The lowest BCUT2D eigenvalue weighted by Crippen LogP contribution is -2.48. The average Bonchev–Trinajstić information content (AvgIpc) is 2.94. The van der Waals surface area contributed by atoms with Gasteiger partial charge < -0.3 is 9.64 Å². The van der Waals surface area contributed by atoms with Crippen LogP contribution in [-0.2, 0) is 22.1 Å². The predicted octanol–water partition coefficient (Wildman–Crippen LogP) is 3.88. The number of hydrogen-bond donors (Lipinski definition) is 0. The van der Waals surface area contributed by atoms with Gasteiger partial charge in [-0.25, -0.2) is 13.4 Å². The summed E-state index contributed by atoms with van der Waals surface area (Å²) < 4.78 is 32.0. The molecule has 0 aliphatic carbocycles. The van der Waals surface area contributed by atoms with Crippen molar-refractivity contribution < 1.29 is 17.9 Å². The number of aryl methyl sites for hydroxylation is 1. The van der Waals surface area contributed by atoms with Gasteiger partial charge in [0.2, 0.25) is 5.88 Å². The highest BCUT2D eigenvalue weighted by molar-refractivity contribution is 7.90. The van der Waals surface area contributed by atoms with E-state index in [2.05, 4.69) is 14.9 Å². The van der Waals surface area contributed by atoms with Gasteiger partial charge in [-0.2, -0.15) is 0 Å². The van der Waals surface area contributed by atoms with Crippen molar-refractivity contribution in [1.29, 1.82) is 0 Å². The Kier molecular flexibility index (Phi) is 7.40. The number of rotatable bonds is 7. The van der Waals surface area contributed by atoms with E-state index in [-0.39, 0.29) is 16.6 Å². The highest BCUT2D eigenvalue weighted by Crippen LogP contribution is 2.26. The van der Waals surface area contributed by atoms with E-state index in [1.807, 2.05) is 36.1 Å². The normalized spacial score (nSPS) is 14.5. The molecule has 0 N–H and O–H groups in total. The fraction of sp³-hybridized carbons (Fsp3) is 0.276. The van der Waals surface area contributed by atoms with Crippen LogP contribution >= 0.6 is 0 Å². The minimum atomic E-state index is -3.63. The van der Waals surface area contributed by atoms with Gasteiger partial charge in [0.05, 0.1) is 23.3 Å². The molecule has 3 heterocycles. The van der Waals surface area contributed by atoms with Crippen LogP contribution in [0.5, 0.6) is 5.88 Å². The van der Waals surface area contributed by atoms with Crippen LogP contribution in [0.15, 0.2) is 78.0 Å². The number of nitrogens with zero attached hydrogens (tertiary/aromatic N) is 4. The van der Waals surface area contributed by atoms with Crippen LogP contribution in [0.2, 0.25) is 0 Å². The number of piperazine rings is 1. The molecule has 9 heteroatoms. The van der Waals surface area contributed by atoms with Crippen LogP contribution in [0, 0.1) is 6.92 Å². The molecule has 0 atom stereocenters. The van der Waals surface area contributed by atoms with Crippen LogP contribution < -0.4 is 4.74 Å². The van der Waals surface area contributed by atoms with Crippen molar-refractivity contribution in [2.75, 3.05) is 33.3 Å². The minimum absolute atomic E-state index is 0.0423. The highest BCUT2D eigenvalue weighted by atomic mass is 32.2. The van der Waals surface area contributed by atoms with Gasteiger partial charge in [-0.3, -0.25) is 14.7 Å². The number of fused-ring (bicyclic) bond motifs is 1. The molecule has 1 saturated heterocycles. The topological polar surface area (TPSA) is 92.7 Å². The molecule has 1 aliphatic rings. The largest absolute Gasteiger partial charge is 0.481 e. The van der Waals surface area contributed by atoms with Crippen molar-refractivity contribution in [2.24, 2.45) is 0 Å². The summed E-state index contributed by atoms with van der Waals surface area (Å²) in [6.45, 7) is 5.29. The standard InChI is InChI=1S/C29H30N4O4S/c1-21-18-23(29(34)33-16-14-32(15-17-33)19-24-8-5-13-31-28(24)37-2)10-11-25(21)20-38(35,36)26-9-3-6-22-7-4-12-30-27(22)26/h3-13,18H,14-17,19-20H2,1-2H3. The molecular weight excluding hydrogens is 500 g/mol. The summed E-state index contributed by atoms with van der Waals surface area (Å²) in [5.74, 6) is 0.430. The molecule has 38 heavy (non-hydrogen) atoms. The minimum Gasteiger partial charge on any atom is -0.481 e. The summed E-state index contributed by atoms with van der Waals surface area (Å²) in [6.07, 6.45) is 3.31. The number of ether oxygens (including phenoxy) is 1. The van der Waals surface area contributed by atoms with E-state index in [4.69, 9.17) is 4.74 Å². The lowest BCUT2D eigenvalue weighted by molar-refractivity contribution is 0.0627. The number of pyridine rings is 2. The van der Waals surface area contributed by atoms with E-state index in [9.17, 15) is 13.2 Å². The Morgan fingerprint density at radius 2 is 1.66 bits per heavy atom. The number of para-hydroxylation sites is 1. The number of hydrogen-bond acceptors (Lipinski definition) is 7. The summed E-state index contributed by atoms with van der Waals surface area (Å²) in [7, 11) is -2.01. The number of sulfone groups is 1. The van der Waals surface area contributed by atoms with Crippen molar-refractivity contribution >= 4 is 26.6 Å². The summed E-state index contributed by atoms with van der Waals surface area (Å²) in [4.78, 5) is 26.1. The third kappa shape index (κ3) is 5.39. The van der Waals surface area contributed by atoms with Crippen LogP contribution in [0.25, 0.3) is 10.9 Å². The molecule has 1 amide bonds. The maximum absolute atomic E-state index is 13.3. The number of amides is 1. The van der Waals surface area contributed by atoms with Crippen molar-refractivity contribution in [3.8, 4) is 5.88 Å². The van der Waals surface area contributed by atoms with Crippen LogP contribution in [0.3, 0.4) is 0 Å². The Morgan fingerprint density at radius 1 is 0.921 bits per heavy atom. The maximum atomic E-state index is 13.3. The first-order valence-electron chi connectivity index (χ1n) is 12.5. The van der Waals surface area contributed by atoms with Gasteiger partial charge in [-0.15, -0.1) is 0 Å². The van der Waals surface area contributed by atoms with E-state index in [0.717, 1.165) is 29.6 Å². The average molecular weight is 531 g/mol. The molecule has 0 spiro atoms. The first kappa shape index (κ1) is 25.8. The van der Waals surface area contributed by atoms with E-state index in [1.54, 1.807) is 55.9 Å². The van der Waals surface area contributed by atoms with Crippen molar-refractivity contribution in [3.63, 3.8) is 0 Å². The zero-order valence-corrected chi connectivity index (χ0v) is 22.3. The van der Waals surface area contributed by atoms with E-state index < -0.39 is 9.84 Å². The molecule has 2 aromatic heterocycles. The third-order valence-corrected chi connectivity index (χ3v) is 8.65. The molecule has 0 unspecified atom stereocenters. The van der Waals surface area contributed by atoms with Crippen LogP contribution in [0.4, 0.5) is 0 Å². The van der Waals surface area contributed by atoms with Gasteiger partial charge in [-0.1, -0.05) is 30.3 Å². The molecule has 4 aromatic rings. The Balaban J connectivity index is 1.25. The zero-order valence-electron chi connectivity index (χ0n) is 21.5. The second kappa shape index (κ2) is 10.9. The maximum Gasteiger partial charge on any atom is 0.253 e. The number of carbonyl (C=O) groups is 1. The number of carbonyl (C=O) groups excluding carboxylic acids is 1. The fourth-order valence-electron chi connectivity index (χ4n) is 4.86. The molecule has 1 fully saturated rings. The van der Waals surface area contributed by atoms with E-state index in [0.29, 0.717) is 42.2 Å². The van der Waals surface area contributed by atoms with Crippen LogP contribution in [0.1, 0.15) is 27.0 Å². The SMILES string of the molecule is COc1ncccc1CN1CCN(C(=O)c2ccc(CS(=O)(=O)c3cccc4cccnc34)c(C)c2)CC1. The van der Waals surface area contributed by atoms with Gasteiger partial charge in [-0.05, 0) is 48.4 Å². The second-order valence-electron chi connectivity index (χ2n) is 9.47. The smallest absolute Gasteiger partial charge is 0.253 e. The molecular formula is C29H30N4O4S. The second-order valence-corrected chi connectivity index (χ2v) is 11.4. The molecule has 1 aliphatic heterocycles. The van der Waals surface area contributed by atoms with Gasteiger partial charge in [0.15, 0.2) is 9.84 Å². The number of aromatic nitrogens is 2. The Hall–Kier alpha value is -3.82. The van der Waals surface area contributed by atoms with Gasteiger partial charge in [0, 0.05) is 61.6 Å². The molecule has 196 valence electrons. The third-order valence-electron chi connectivity index (χ3n) is 6.96. The van der Waals surface area contributed by atoms with Crippen molar-refractivity contribution in [1.82, 2.24) is 19.8 Å². The number of methoxy groups -OCH3 is 1. The monoisotopic (exact) mass is 530 g/mol. The quantitative estimate of drug-likeness (QED) is 0.358. The summed E-state index contributed by atoms with van der Waals surface area (Å²) in [5.41, 5.74) is 3.51. The van der Waals surface area contributed by atoms with E-state index >= 15 is 0 Å². The Bertz CT molecular complexity index is 1580. The predicted molar refractivity (Wildman–Crippen MR) is 146 cm³/mol. The van der Waals surface area contributed by atoms with Gasteiger partial charge in [0.25, 0.3) is 5.91 Å². The van der Waals surface area contributed by atoms with Gasteiger partial charge >= 0.3 is 0 Å². The lowest BCUT2D eigenvalue weighted by atomic mass is 10.1. The zero-order chi connectivity index (χ0) is 26.7.